The Hall–Kier alpha value is -2.02. The third-order valence-electron chi connectivity index (χ3n) is 3.47. The molecule has 2 rings (SSSR count). The predicted molar refractivity (Wildman–Crippen MR) is 77.7 cm³/mol. The number of hydrogen-bond acceptors (Lipinski definition) is 5. The SMILES string of the molecule is CN(C)CCC(=O)N1CCN(C(=O)c2cnccn2)CC1. The van der Waals surface area contributed by atoms with Crippen molar-refractivity contribution in [1.82, 2.24) is 24.7 Å². The number of carbonyl (C=O) groups excluding carboxylic acids is 2. The summed E-state index contributed by atoms with van der Waals surface area (Å²) >= 11 is 0. The second kappa shape index (κ2) is 7.12. The van der Waals surface area contributed by atoms with Crippen molar-refractivity contribution in [2.45, 2.75) is 6.42 Å². The Morgan fingerprint density at radius 1 is 1.14 bits per heavy atom. The van der Waals surface area contributed by atoms with Gasteiger partial charge in [0.25, 0.3) is 5.91 Å². The number of piperazine rings is 1. The second-order valence-electron chi connectivity index (χ2n) is 5.32. The van der Waals surface area contributed by atoms with Crippen LogP contribution in [0.1, 0.15) is 16.9 Å². The largest absolute Gasteiger partial charge is 0.339 e. The Bertz CT molecular complexity index is 483. The molecule has 21 heavy (non-hydrogen) atoms. The smallest absolute Gasteiger partial charge is 0.274 e. The molecule has 0 unspecified atom stereocenters. The zero-order valence-corrected chi connectivity index (χ0v) is 12.5. The summed E-state index contributed by atoms with van der Waals surface area (Å²) in [7, 11) is 3.90. The van der Waals surface area contributed by atoms with Gasteiger partial charge in [-0.25, -0.2) is 4.98 Å². The van der Waals surface area contributed by atoms with Gasteiger partial charge in [-0.3, -0.25) is 14.6 Å². The van der Waals surface area contributed by atoms with Crippen molar-refractivity contribution in [3.05, 3.63) is 24.3 Å². The highest BCUT2D eigenvalue weighted by Crippen LogP contribution is 2.07. The van der Waals surface area contributed by atoms with Crippen molar-refractivity contribution in [1.29, 1.82) is 0 Å². The molecular formula is C14H21N5O2. The van der Waals surface area contributed by atoms with Gasteiger partial charge in [-0.2, -0.15) is 0 Å². The number of carbonyl (C=O) groups is 2. The van der Waals surface area contributed by atoms with Crippen LogP contribution in [0.4, 0.5) is 0 Å². The molecule has 0 bridgehead atoms. The van der Waals surface area contributed by atoms with Gasteiger partial charge in [-0.1, -0.05) is 0 Å². The summed E-state index contributed by atoms with van der Waals surface area (Å²) in [5.74, 6) is 0.0267. The molecule has 1 fully saturated rings. The van der Waals surface area contributed by atoms with Gasteiger partial charge in [0, 0.05) is 51.5 Å². The number of rotatable bonds is 4. The lowest BCUT2D eigenvalue weighted by Gasteiger charge is -2.34. The molecule has 2 heterocycles. The zero-order valence-electron chi connectivity index (χ0n) is 12.5. The Balaban J connectivity index is 1.83. The van der Waals surface area contributed by atoms with E-state index in [2.05, 4.69) is 9.97 Å². The molecule has 0 radical (unpaired) electrons. The normalized spacial score (nSPS) is 15.4. The van der Waals surface area contributed by atoms with Gasteiger partial charge in [-0.05, 0) is 14.1 Å². The minimum atomic E-state index is -0.122. The van der Waals surface area contributed by atoms with Gasteiger partial charge in [-0.15, -0.1) is 0 Å². The maximum atomic E-state index is 12.2. The molecule has 0 saturated carbocycles. The van der Waals surface area contributed by atoms with Gasteiger partial charge in [0.15, 0.2) is 0 Å². The first-order chi connectivity index (χ1) is 10.1. The van der Waals surface area contributed by atoms with E-state index in [9.17, 15) is 9.59 Å². The highest BCUT2D eigenvalue weighted by Gasteiger charge is 2.25. The summed E-state index contributed by atoms with van der Waals surface area (Å²) in [5, 5.41) is 0. The van der Waals surface area contributed by atoms with Crippen LogP contribution in [0.5, 0.6) is 0 Å². The lowest BCUT2D eigenvalue weighted by atomic mass is 10.2. The zero-order chi connectivity index (χ0) is 15.2. The highest BCUT2D eigenvalue weighted by molar-refractivity contribution is 5.92. The molecule has 1 saturated heterocycles. The van der Waals surface area contributed by atoms with Crippen molar-refractivity contribution >= 4 is 11.8 Å². The lowest BCUT2D eigenvalue weighted by molar-refractivity contribution is -0.132. The molecule has 0 atom stereocenters. The highest BCUT2D eigenvalue weighted by atomic mass is 16.2. The van der Waals surface area contributed by atoms with Crippen LogP contribution in [0.15, 0.2) is 18.6 Å². The van der Waals surface area contributed by atoms with Gasteiger partial charge in [0.05, 0.1) is 6.20 Å². The van der Waals surface area contributed by atoms with Crippen LogP contribution >= 0.6 is 0 Å². The fourth-order valence-corrected chi connectivity index (χ4v) is 2.21. The first-order valence-corrected chi connectivity index (χ1v) is 7.05. The van der Waals surface area contributed by atoms with Crippen LogP contribution < -0.4 is 0 Å². The number of amides is 2. The van der Waals surface area contributed by atoms with Crippen LogP contribution in [-0.2, 0) is 4.79 Å². The first-order valence-electron chi connectivity index (χ1n) is 7.05. The lowest BCUT2D eigenvalue weighted by Crippen LogP contribution is -2.51. The molecule has 0 aliphatic carbocycles. The molecule has 1 aromatic heterocycles. The van der Waals surface area contributed by atoms with Crippen molar-refractivity contribution in [2.75, 3.05) is 46.8 Å². The van der Waals surface area contributed by atoms with E-state index in [0.29, 0.717) is 38.3 Å². The topological polar surface area (TPSA) is 69.6 Å². The third-order valence-corrected chi connectivity index (χ3v) is 3.47. The fraction of sp³-hybridized carbons (Fsp3) is 0.571. The summed E-state index contributed by atoms with van der Waals surface area (Å²) in [6.07, 6.45) is 5.04. The van der Waals surface area contributed by atoms with E-state index in [1.165, 1.54) is 18.6 Å². The Morgan fingerprint density at radius 2 is 1.81 bits per heavy atom. The summed E-state index contributed by atoms with van der Waals surface area (Å²) in [6.45, 7) is 3.00. The van der Waals surface area contributed by atoms with Crippen molar-refractivity contribution in [3.8, 4) is 0 Å². The van der Waals surface area contributed by atoms with Crippen LogP contribution in [0, 0.1) is 0 Å². The second-order valence-corrected chi connectivity index (χ2v) is 5.32. The molecule has 7 heteroatoms. The molecule has 1 aliphatic rings. The summed E-state index contributed by atoms with van der Waals surface area (Å²) in [5.41, 5.74) is 0.352. The minimum Gasteiger partial charge on any atom is -0.339 e. The van der Waals surface area contributed by atoms with Crippen LogP contribution in [0.25, 0.3) is 0 Å². The van der Waals surface area contributed by atoms with E-state index in [-0.39, 0.29) is 11.8 Å². The quantitative estimate of drug-likeness (QED) is 0.762. The molecular weight excluding hydrogens is 270 g/mol. The van der Waals surface area contributed by atoms with Crippen LogP contribution in [0.3, 0.4) is 0 Å². The first kappa shape index (κ1) is 15.4. The minimum absolute atomic E-state index is 0.122. The maximum absolute atomic E-state index is 12.2. The van der Waals surface area contributed by atoms with Gasteiger partial charge >= 0.3 is 0 Å². The van der Waals surface area contributed by atoms with E-state index < -0.39 is 0 Å². The molecule has 1 aromatic rings. The average molecular weight is 291 g/mol. The summed E-state index contributed by atoms with van der Waals surface area (Å²) in [4.78, 5) is 37.7. The molecule has 1 aliphatic heterocycles. The number of nitrogens with zero attached hydrogens (tertiary/aromatic N) is 5. The fourth-order valence-electron chi connectivity index (χ4n) is 2.21. The molecule has 2 amide bonds. The van der Waals surface area contributed by atoms with Crippen molar-refractivity contribution in [3.63, 3.8) is 0 Å². The van der Waals surface area contributed by atoms with Gasteiger partial charge in [0.2, 0.25) is 5.91 Å². The Labute approximate surface area is 124 Å². The van der Waals surface area contributed by atoms with Gasteiger partial charge < -0.3 is 14.7 Å². The molecule has 0 aromatic carbocycles. The molecule has 0 N–H and O–H groups in total. The maximum Gasteiger partial charge on any atom is 0.274 e. The van der Waals surface area contributed by atoms with E-state index in [1.54, 1.807) is 4.90 Å². The summed E-state index contributed by atoms with van der Waals surface area (Å²) < 4.78 is 0. The molecule has 7 nitrogen and oxygen atoms in total. The van der Waals surface area contributed by atoms with E-state index in [4.69, 9.17) is 0 Å². The van der Waals surface area contributed by atoms with Crippen LogP contribution in [-0.4, -0.2) is 83.3 Å². The molecule has 0 spiro atoms. The molecule has 114 valence electrons. The monoisotopic (exact) mass is 291 g/mol. The predicted octanol–water partition coefficient (Wildman–Crippen LogP) is -0.287. The van der Waals surface area contributed by atoms with Crippen molar-refractivity contribution in [2.24, 2.45) is 0 Å². The van der Waals surface area contributed by atoms with E-state index in [0.717, 1.165) is 6.54 Å². The van der Waals surface area contributed by atoms with Gasteiger partial charge in [0.1, 0.15) is 5.69 Å². The van der Waals surface area contributed by atoms with Crippen LogP contribution in [0.2, 0.25) is 0 Å². The Kier molecular flexibility index (Phi) is 5.21. The Morgan fingerprint density at radius 3 is 2.38 bits per heavy atom. The average Bonchev–Trinajstić information content (AvgIpc) is 2.53. The number of aromatic nitrogens is 2. The number of hydrogen-bond donors (Lipinski definition) is 0. The van der Waals surface area contributed by atoms with E-state index >= 15 is 0 Å². The standard InChI is InChI=1S/C14H21N5O2/c1-17(2)6-3-13(20)18-7-9-19(10-8-18)14(21)12-11-15-4-5-16-12/h4-5,11H,3,6-10H2,1-2H3. The van der Waals surface area contributed by atoms with Crippen molar-refractivity contribution < 1.29 is 9.59 Å². The third kappa shape index (κ3) is 4.22. The van der Waals surface area contributed by atoms with E-state index in [1.807, 2.05) is 23.9 Å². The summed E-state index contributed by atoms with van der Waals surface area (Å²) in [6, 6.07) is 0.